The lowest BCUT2D eigenvalue weighted by Gasteiger charge is -2.32. The van der Waals surface area contributed by atoms with E-state index < -0.39 is 17.7 Å². The summed E-state index contributed by atoms with van der Waals surface area (Å²) >= 11 is 0. The summed E-state index contributed by atoms with van der Waals surface area (Å²) in [4.78, 5) is 40.1. The van der Waals surface area contributed by atoms with Crippen LogP contribution in [0.2, 0.25) is 0 Å². The molecule has 0 heterocycles. The normalized spacial score (nSPS) is 11.9. The van der Waals surface area contributed by atoms with Gasteiger partial charge in [-0.25, -0.2) is 4.79 Å². The SMILES string of the molecule is C=Cc1cccc(C(C(=O)NCCCCC)N(CCCC)C(=O)CNC(=O)OC(C)(C)C)c1. The van der Waals surface area contributed by atoms with Gasteiger partial charge < -0.3 is 20.3 Å². The highest BCUT2D eigenvalue weighted by atomic mass is 16.6. The summed E-state index contributed by atoms with van der Waals surface area (Å²) in [5.74, 6) is -0.568. The molecule has 7 nitrogen and oxygen atoms in total. The Morgan fingerprint density at radius 2 is 1.79 bits per heavy atom. The van der Waals surface area contributed by atoms with Crippen LogP contribution in [0.15, 0.2) is 30.8 Å². The van der Waals surface area contributed by atoms with Gasteiger partial charge in [0, 0.05) is 13.1 Å². The molecule has 1 aromatic rings. The summed E-state index contributed by atoms with van der Waals surface area (Å²) in [6, 6.07) is 6.67. The van der Waals surface area contributed by atoms with E-state index in [2.05, 4.69) is 24.1 Å². The minimum atomic E-state index is -0.800. The van der Waals surface area contributed by atoms with Gasteiger partial charge in [-0.3, -0.25) is 9.59 Å². The van der Waals surface area contributed by atoms with E-state index in [-0.39, 0.29) is 18.4 Å². The van der Waals surface area contributed by atoms with Crippen molar-refractivity contribution < 1.29 is 19.1 Å². The van der Waals surface area contributed by atoms with Crippen molar-refractivity contribution in [3.05, 3.63) is 42.0 Å². The Labute approximate surface area is 198 Å². The molecular weight excluding hydrogens is 418 g/mol. The van der Waals surface area contributed by atoms with E-state index in [4.69, 9.17) is 4.74 Å². The monoisotopic (exact) mass is 459 g/mol. The number of hydrogen-bond acceptors (Lipinski definition) is 4. The fourth-order valence-electron chi connectivity index (χ4n) is 3.30. The fraction of sp³-hybridized carbons (Fsp3) is 0.577. The molecule has 0 radical (unpaired) electrons. The van der Waals surface area contributed by atoms with E-state index >= 15 is 0 Å². The zero-order valence-electron chi connectivity index (χ0n) is 20.9. The zero-order valence-corrected chi connectivity index (χ0v) is 20.9. The van der Waals surface area contributed by atoms with Gasteiger partial charge in [0.05, 0.1) is 0 Å². The minimum absolute atomic E-state index is 0.228. The Morgan fingerprint density at radius 1 is 1.09 bits per heavy atom. The number of hydrogen-bond donors (Lipinski definition) is 2. The highest BCUT2D eigenvalue weighted by molar-refractivity contribution is 5.90. The summed E-state index contributed by atoms with van der Waals surface area (Å²) in [5.41, 5.74) is 0.911. The lowest BCUT2D eigenvalue weighted by Crippen LogP contribution is -2.48. The van der Waals surface area contributed by atoms with Crippen LogP contribution in [0.5, 0.6) is 0 Å². The molecule has 1 atom stereocenters. The van der Waals surface area contributed by atoms with Crippen molar-refractivity contribution in [2.24, 2.45) is 0 Å². The number of nitrogens with zero attached hydrogens (tertiary/aromatic N) is 1. The van der Waals surface area contributed by atoms with Crippen LogP contribution < -0.4 is 10.6 Å². The first kappa shape index (κ1) is 28.2. The third-order valence-corrected chi connectivity index (χ3v) is 4.96. The average molecular weight is 460 g/mol. The molecule has 0 aliphatic carbocycles. The molecule has 0 bridgehead atoms. The molecule has 1 rings (SSSR count). The number of benzene rings is 1. The third-order valence-electron chi connectivity index (χ3n) is 4.96. The standard InChI is InChI=1S/C26H41N3O4/c1-7-10-12-16-27-24(31)23(21-15-13-14-20(9-3)18-21)29(17-11-8-2)22(30)19-28-25(32)33-26(4,5)6/h9,13-15,18,23H,3,7-8,10-12,16-17,19H2,1-2,4-6H3,(H,27,31)(H,28,32). The molecule has 33 heavy (non-hydrogen) atoms. The lowest BCUT2D eigenvalue weighted by atomic mass is 10.0. The molecule has 0 saturated heterocycles. The van der Waals surface area contributed by atoms with E-state index in [1.165, 1.54) is 0 Å². The first-order valence-corrected chi connectivity index (χ1v) is 11.9. The smallest absolute Gasteiger partial charge is 0.408 e. The molecule has 3 amide bonds. The number of unbranched alkanes of at least 4 members (excludes halogenated alkanes) is 3. The molecule has 0 saturated carbocycles. The predicted molar refractivity (Wildman–Crippen MR) is 133 cm³/mol. The highest BCUT2D eigenvalue weighted by Crippen LogP contribution is 2.24. The second-order valence-corrected chi connectivity index (χ2v) is 9.07. The number of carbonyl (C=O) groups excluding carboxylic acids is 3. The van der Waals surface area contributed by atoms with Crippen molar-refractivity contribution >= 4 is 24.0 Å². The third kappa shape index (κ3) is 10.6. The van der Waals surface area contributed by atoms with Crippen LogP contribution in [0, 0.1) is 0 Å². The molecule has 1 unspecified atom stereocenters. The molecule has 7 heteroatoms. The molecule has 0 fully saturated rings. The van der Waals surface area contributed by atoms with Crippen LogP contribution in [0.4, 0.5) is 4.79 Å². The van der Waals surface area contributed by atoms with Crippen molar-refractivity contribution in [2.75, 3.05) is 19.6 Å². The molecular formula is C26H41N3O4. The number of ether oxygens (including phenoxy) is 1. The Kier molecular flexibility index (Phi) is 12.3. The number of nitrogens with one attached hydrogen (secondary N) is 2. The van der Waals surface area contributed by atoms with E-state index in [1.54, 1.807) is 31.7 Å². The Morgan fingerprint density at radius 3 is 2.39 bits per heavy atom. The number of rotatable bonds is 13. The molecule has 0 spiro atoms. The highest BCUT2D eigenvalue weighted by Gasteiger charge is 2.31. The summed E-state index contributed by atoms with van der Waals surface area (Å²) in [6.07, 6.45) is 5.60. The van der Waals surface area contributed by atoms with E-state index in [1.807, 2.05) is 31.2 Å². The van der Waals surface area contributed by atoms with E-state index in [0.29, 0.717) is 18.7 Å². The molecule has 0 aromatic heterocycles. The van der Waals surface area contributed by atoms with Gasteiger partial charge in [0.15, 0.2) is 0 Å². The predicted octanol–water partition coefficient (Wildman–Crippen LogP) is 4.83. The van der Waals surface area contributed by atoms with Crippen LogP contribution in [-0.4, -0.2) is 48.0 Å². The van der Waals surface area contributed by atoms with E-state index in [9.17, 15) is 14.4 Å². The van der Waals surface area contributed by atoms with E-state index in [0.717, 1.165) is 37.7 Å². The number of amides is 3. The minimum Gasteiger partial charge on any atom is -0.444 e. The topological polar surface area (TPSA) is 87.7 Å². The van der Waals surface area contributed by atoms with Crippen LogP contribution in [0.25, 0.3) is 6.08 Å². The molecule has 0 aliphatic heterocycles. The van der Waals surface area contributed by atoms with Gasteiger partial charge in [0.2, 0.25) is 11.8 Å². The van der Waals surface area contributed by atoms with Gasteiger partial charge in [-0.05, 0) is 50.8 Å². The lowest BCUT2D eigenvalue weighted by molar-refractivity contribution is -0.140. The first-order valence-electron chi connectivity index (χ1n) is 11.9. The Hall–Kier alpha value is -2.83. The molecule has 2 N–H and O–H groups in total. The Balaban J connectivity index is 3.15. The second kappa shape index (κ2) is 14.3. The van der Waals surface area contributed by atoms with Crippen molar-refractivity contribution in [3.8, 4) is 0 Å². The zero-order chi connectivity index (χ0) is 24.9. The van der Waals surface area contributed by atoms with Crippen LogP contribution in [0.1, 0.15) is 83.9 Å². The van der Waals surface area contributed by atoms with Gasteiger partial charge >= 0.3 is 6.09 Å². The quantitative estimate of drug-likeness (QED) is 0.414. The van der Waals surface area contributed by atoms with Gasteiger partial charge in [-0.15, -0.1) is 0 Å². The maximum absolute atomic E-state index is 13.3. The summed E-state index contributed by atoms with van der Waals surface area (Å²) in [7, 11) is 0. The van der Waals surface area contributed by atoms with Crippen molar-refractivity contribution in [2.45, 2.75) is 78.4 Å². The summed E-state index contributed by atoms with van der Waals surface area (Å²) in [6.45, 7) is 13.9. The maximum Gasteiger partial charge on any atom is 0.408 e. The van der Waals surface area contributed by atoms with Crippen LogP contribution in [0.3, 0.4) is 0 Å². The van der Waals surface area contributed by atoms with Gasteiger partial charge in [-0.1, -0.05) is 64.0 Å². The van der Waals surface area contributed by atoms with Crippen LogP contribution >= 0.6 is 0 Å². The average Bonchev–Trinajstić information content (AvgIpc) is 2.76. The number of alkyl carbamates (subject to hydrolysis) is 1. The molecule has 1 aromatic carbocycles. The maximum atomic E-state index is 13.3. The molecule has 184 valence electrons. The summed E-state index contributed by atoms with van der Waals surface area (Å²) < 4.78 is 5.24. The largest absolute Gasteiger partial charge is 0.444 e. The van der Waals surface area contributed by atoms with Crippen molar-refractivity contribution in [1.82, 2.24) is 15.5 Å². The number of carbonyl (C=O) groups is 3. The van der Waals surface area contributed by atoms with Crippen molar-refractivity contribution in [3.63, 3.8) is 0 Å². The Bertz CT molecular complexity index is 786. The van der Waals surface area contributed by atoms with Gasteiger partial charge in [0.25, 0.3) is 0 Å². The fourth-order valence-corrected chi connectivity index (χ4v) is 3.30. The summed E-state index contributed by atoms with van der Waals surface area (Å²) in [5, 5.41) is 5.51. The first-order chi connectivity index (χ1) is 15.6. The van der Waals surface area contributed by atoms with Crippen molar-refractivity contribution in [1.29, 1.82) is 0 Å². The van der Waals surface area contributed by atoms with Gasteiger partial charge in [-0.2, -0.15) is 0 Å². The molecule has 0 aliphatic rings. The van der Waals surface area contributed by atoms with Crippen LogP contribution in [-0.2, 0) is 14.3 Å². The van der Waals surface area contributed by atoms with Gasteiger partial charge in [0.1, 0.15) is 18.2 Å². The second-order valence-electron chi connectivity index (χ2n) is 9.07.